The summed E-state index contributed by atoms with van der Waals surface area (Å²) in [4.78, 5) is 11.2. The SMILES string of the molecule is COc1cc2c(c(C(OC)OC)cc[n+]2C)c([N+](=O)[O-])c1OC. The van der Waals surface area contributed by atoms with E-state index in [0.29, 0.717) is 16.5 Å². The smallest absolute Gasteiger partial charge is 0.329 e. The Morgan fingerprint density at radius 3 is 2.30 bits per heavy atom. The standard InChI is InChI=1S/C15H19N2O6/c1-16-7-6-9(15(22-4)23-5)12-10(16)8-11(20-2)14(21-3)13(12)17(18)19/h6-8,15H,1-5H3/q+1. The molecule has 0 saturated heterocycles. The topological polar surface area (TPSA) is 83.9 Å². The van der Waals surface area contributed by atoms with Crippen molar-refractivity contribution < 1.29 is 28.4 Å². The molecule has 0 aliphatic heterocycles. The lowest BCUT2D eigenvalue weighted by atomic mass is 10.0. The third-order valence-electron chi connectivity index (χ3n) is 3.63. The molecule has 2 rings (SSSR count). The van der Waals surface area contributed by atoms with Gasteiger partial charge in [0.1, 0.15) is 12.4 Å². The maximum atomic E-state index is 11.7. The number of nitro benzene ring substituents is 1. The van der Waals surface area contributed by atoms with Gasteiger partial charge in [-0.25, -0.2) is 4.57 Å². The van der Waals surface area contributed by atoms with Crippen molar-refractivity contribution in [3.63, 3.8) is 0 Å². The van der Waals surface area contributed by atoms with Crippen molar-refractivity contribution >= 4 is 16.6 Å². The normalized spacial score (nSPS) is 11.0. The van der Waals surface area contributed by atoms with E-state index in [1.165, 1.54) is 28.4 Å². The number of nitro groups is 1. The van der Waals surface area contributed by atoms with Crippen molar-refractivity contribution in [1.29, 1.82) is 0 Å². The van der Waals surface area contributed by atoms with E-state index < -0.39 is 11.2 Å². The maximum Gasteiger partial charge on any atom is 0.329 e. The minimum absolute atomic E-state index is 0.0587. The molecule has 1 aromatic carbocycles. The number of pyridine rings is 1. The second-order valence-corrected chi connectivity index (χ2v) is 4.80. The van der Waals surface area contributed by atoms with Crippen LogP contribution in [0.25, 0.3) is 10.9 Å². The van der Waals surface area contributed by atoms with E-state index in [-0.39, 0.29) is 17.2 Å². The number of aryl methyl sites for hydroxylation is 1. The van der Waals surface area contributed by atoms with E-state index >= 15 is 0 Å². The first kappa shape index (κ1) is 16.9. The molecule has 8 nitrogen and oxygen atoms in total. The third kappa shape index (κ3) is 2.78. The summed E-state index contributed by atoms with van der Waals surface area (Å²) in [5, 5.41) is 12.1. The number of hydrogen-bond acceptors (Lipinski definition) is 6. The van der Waals surface area contributed by atoms with Crippen LogP contribution in [-0.2, 0) is 16.5 Å². The van der Waals surface area contributed by atoms with E-state index in [1.807, 2.05) is 0 Å². The summed E-state index contributed by atoms with van der Waals surface area (Å²) in [5.74, 6) is 0.342. The summed E-state index contributed by atoms with van der Waals surface area (Å²) < 4.78 is 22.8. The highest BCUT2D eigenvalue weighted by Crippen LogP contribution is 2.44. The average molecular weight is 323 g/mol. The molecular formula is C15H19N2O6+. The van der Waals surface area contributed by atoms with E-state index in [0.717, 1.165) is 0 Å². The van der Waals surface area contributed by atoms with Crippen LogP contribution in [0.3, 0.4) is 0 Å². The Labute approximate surface area is 133 Å². The Bertz CT molecular complexity index is 743. The molecule has 0 bridgehead atoms. The minimum atomic E-state index is -0.740. The molecule has 0 saturated carbocycles. The third-order valence-corrected chi connectivity index (χ3v) is 3.63. The van der Waals surface area contributed by atoms with Gasteiger partial charge in [-0.15, -0.1) is 0 Å². The number of methoxy groups -OCH3 is 4. The molecule has 124 valence electrons. The minimum Gasteiger partial charge on any atom is -0.492 e. The fraction of sp³-hybridized carbons (Fsp3) is 0.400. The Hall–Kier alpha value is -2.45. The molecule has 0 amide bonds. The Balaban J connectivity index is 3.02. The molecule has 1 aromatic heterocycles. The van der Waals surface area contributed by atoms with Gasteiger partial charge in [-0.3, -0.25) is 10.1 Å². The second-order valence-electron chi connectivity index (χ2n) is 4.80. The molecule has 23 heavy (non-hydrogen) atoms. The number of benzene rings is 1. The molecule has 0 N–H and O–H groups in total. The largest absolute Gasteiger partial charge is 0.492 e. The molecule has 0 spiro atoms. The van der Waals surface area contributed by atoms with Crippen molar-refractivity contribution in [2.24, 2.45) is 7.05 Å². The average Bonchev–Trinajstić information content (AvgIpc) is 2.55. The lowest BCUT2D eigenvalue weighted by molar-refractivity contribution is -0.645. The van der Waals surface area contributed by atoms with Gasteiger partial charge in [0, 0.05) is 25.8 Å². The van der Waals surface area contributed by atoms with Crippen LogP contribution in [0.15, 0.2) is 18.3 Å². The zero-order chi connectivity index (χ0) is 17.1. The molecule has 1 heterocycles. The van der Waals surface area contributed by atoms with Crippen LogP contribution in [-0.4, -0.2) is 33.4 Å². The Morgan fingerprint density at radius 2 is 1.83 bits per heavy atom. The van der Waals surface area contributed by atoms with Gasteiger partial charge in [0.15, 0.2) is 18.2 Å². The monoisotopic (exact) mass is 323 g/mol. The number of aromatic nitrogens is 1. The quantitative estimate of drug-likeness (QED) is 0.349. The molecule has 0 unspecified atom stereocenters. The van der Waals surface area contributed by atoms with Gasteiger partial charge in [-0.05, 0) is 0 Å². The molecule has 0 aliphatic rings. The zero-order valence-corrected chi connectivity index (χ0v) is 13.7. The fourth-order valence-corrected chi connectivity index (χ4v) is 2.60. The van der Waals surface area contributed by atoms with Crippen LogP contribution in [0, 0.1) is 10.1 Å². The fourth-order valence-electron chi connectivity index (χ4n) is 2.60. The summed E-state index contributed by atoms with van der Waals surface area (Å²) in [6.45, 7) is 0. The van der Waals surface area contributed by atoms with Crippen LogP contribution < -0.4 is 14.0 Å². The van der Waals surface area contributed by atoms with Crippen molar-refractivity contribution in [3.8, 4) is 11.5 Å². The highest BCUT2D eigenvalue weighted by molar-refractivity contribution is 5.94. The van der Waals surface area contributed by atoms with E-state index in [2.05, 4.69) is 0 Å². The molecule has 8 heteroatoms. The van der Waals surface area contributed by atoms with Gasteiger partial charge in [-0.1, -0.05) is 0 Å². The predicted octanol–water partition coefficient (Wildman–Crippen LogP) is 1.88. The first-order valence-electron chi connectivity index (χ1n) is 6.77. The van der Waals surface area contributed by atoms with Gasteiger partial charge in [0.2, 0.25) is 11.3 Å². The maximum absolute atomic E-state index is 11.7. The van der Waals surface area contributed by atoms with E-state index in [9.17, 15) is 10.1 Å². The summed E-state index contributed by atoms with van der Waals surface area (Å²) in [6.07, 6.45) is 1.04. The molecule has 0 aliphatic carbocycles. The predicted molar refractivity (Wildman–Crippen MR) is 81.6 cm³/mol. The van der Waals surface area contributed by atoms with Crippen LogP contribution in [0.5, 0.6) is 11.5 Å². The van der Waals surface area contributed by atoms with Crippen LogP contribution >= 0.6 is 0 Å². The van der Waals surface area contributed by atoms with Crippen LogP contribution in [0.4, 0.5) is 5.69 Å². The van der Waals surface area contributed by atoms with Crippen LogP contribution in [0.2, 0.25) is 0 Å². The van der Waals surface area contributed by atoms with Crippen molar-refractivity contribution in [3.05, 3.63) is 34.0 Å². The van der Waals surface area contributed by atoms with Gasteiger partial charge in [0.25, 0.3) is 0 Å². The van der Waals surface area contributed by atoms with Crippen molar-refractivity contribution in [1.82, 2.24) is 0 Å². The van der Waals surface area contributed by atoms with Gasteiger partial charge in [-0.2, -0.15) is 0 Å². The first-order valence-corrected chi connectivity index (χ1v) is 6.77. The summed E-state index contributed by atoms with van der Waals surface area (Å²) in [7, 11) is 7.53. The summed E-state index contributed by atoms with van der Waals surface area (Å²) >= 11 is 0. The number of rotatable bonds is 6. The first-order chi connectivity index (χ1) is 11.0. The number of fused-ring (bicyclic) bond motifs is 1. The number of ether oxygens (including phenoxy) is 4. The Morgan fingerprint density at radius 1 is 1.17 bits per heavy atom. The van der Waals surface area contributed by atoms with Crippen LogP contribution in [0.1, 0.15) is 11.9 Å². The Kier molecular flexibility index (Phi) is 4.97. The molecule has 0 atom stereocenters. The van der Waals surface area contributed by atoms with E-state index in [1.54, 1.807) is 29.9 Å². The summed E-state index contributed by atoms with van der Waals surface area (Å²) in [5.41, 5.74) is 0.953. The van der Waals surface area contributed by atoms with Gasteiger partial charge in [0.05, 0.1) is 25.2 Å². The van der Waals surface area contributed by atoms with Crippen molar-refractivity contribution in [2.75, 3.05) is 28.4 Å². The second kappa shape index (κ2) is 6.76. The molecule has 0 fully saturated rings. The molecule has 2 aromatic rings. The molecular weight excluding hydrogens is 304 g/mol. The van der Waals surface area contributed by atoms with E-state index in [4.69, 9.17) is 18.9 Å². The molecule has 0 radical (unpaired) electrons. The summed E-state index contributed by atoms with van der Waals surface area (Å²) in [6, 6.07) is 3.41. The number of nitrogens with zero attached hydrogens (tertiary/aromatic N) is 2. The van der Waals surface area contributed by atoms with Gasteiger partial charge < -0.3 is 18.9 Å². The highest BCUT2D eigenvalue weighted by Gasteiger charge is 2.32. The van der Waals surface area contributed by atoms with Crippen molar-refractivity contribution in [2.45, 2.75) is 6.29 Å². The van der Waals surface area contributed by atoms with Gasteiger partial charge >= 0.3 is 5.69 Å². The lowest BCUT2D eigenvalue weighted by Crippen LogP contribution is -2.29. The lowest BCUT2D eigenvalue weighted by Gasteiger charge is -2.16. The zero-order valence-electron chi connectivity index (χ0n) is 13.7. The highest BCUT2D eigenvalue weighted by atomic mass is 16.7. The number of hydrogen-bond donors (Lipinski definition) is 0.